The lowest BCUT2D eigenvalue weighted by molar-refractivity contribution is 0.129. The Balaban J connectivity index is 1.69. The van der Waals surface area contributed by atoms with Gasteiger partial charge in [-0.1, -0.05) is 41.6 Å². The molecule has 0 spiro atoms. The fraction of sp³-hybridized carbons (Fsp3) is 0.350. The van der Waals surface area contributed by atoms with E-state index in [1.165, 1.54) is 16.7 Å². The van der Waals surface area contributed by atoms with E-state index in [1.807, 2.05) is 19.1 Å². The molecule has 2 aromatic carbocycles. The van der Waals surface area contributed by atoms with Crippen molar-refractivity contribution in [2.24, 2.45) is 5.16 Å². The molecule has 4 heteroatoms. The van der Waals surface area contributed by atoms with Gasteiger partial charge in [0.15, 0.2) is 0 Å². The molecule has 0 heterocycles. The Morgan fingerprint density at radius 2 is 1.79 bits per heavy atom. The molecular formula is C20H21Cl2NO. The highest BCUT2D eigenvalue weighted by atomic mass is 35.5. The third-order valence-electron chi connectivity index (χ3n) is 4.59. The Morgan fingerprint density at radius 1 is 1.17 bits per heavy atom. The minimum Gasteiger partial charge on any atom is -0.391 e. The summed E-state index contributed by atoms with van der Waals surface area (Å²) in [5, 5.41) is 4.28. The molecule has 0 radical (unpaired) electrons. The van der Waals surface area contributed by atoms with Crippen molar-refractivity contribution in [3.05, 3.63) is 70.3 Å². The first kappa shape index (κ1) is 17.3. The predicted octanol–water partition coefficient (Wildman–Crippen LogP) is 5.91. The first-order valence-electron chi connectivity index (χ1n) is 8.08. The number of oxime groups is 1. The molecule has 1 aliphatic carbocycles. The van der Waals surface area contributed by atoms with Crippen LogP contribution in [-0.2, 0) is 11.4 Å². The zero-order chi connectivity index (χ0) is 17.3. The molecule has 1 unspecified atom stereocenters. The average molecular weight is 362 g/mol. The van der Waals surface area contributed by atoms with Crippen LogP contribution in [0.1, 0.15) is 47.1 Å². The molecule has 1 atom stereocenters. The number of benzene rings is 2. The van der Waals surface area contributed by atoms with Gasteiger partial charge in [0.2, 0.25) is 0 Å². The average Bonchev–Trinajstić information content (AvgIpc) is 3.19. The highest BCUT2D eigenvalue weighted by molar-refractivity contribution is 6.51. The maximum absolute atomic E-state index is 6.17. The van der Waals surface area contributed by atoms with Gasteiger partial charge >= 0.3 is 0 Å². The Labute approximate surface area is 153 Å². The number of hydrogen-bond donors (Lipinski definition) is 0. The number of aryl methyl sites for hydroxylation is 2. The van der Waals surface area contributed by atoms with Crippen LogP contribution in [0.15, 0.2) is 47.6 Å². The zero-order valence-corrected chi connectivity index (χ0v) is 15.7. The van der Waals surface area contributed by atoms with E-state index in [9.17, 15) is 0 Å². The summed E-state index contributed by atoms with van der Waals surface area (Å²) in [6, 6.07) is 14.4. The number of alkyl halides is 2. The molecule has 0 amide bonds. The molecule has 1 aliphatic rings. The van der Waals surface area contributed by atoms with Crippen LogP contribution < -0.4 is 0 Å². The van der Waals surface area contributed by atoms with E-state index in [0.717, 1.165) is 23.3 Å². The van der Waals surface area contributed by atoms with Gasteiger partial charge in [-0.3, -0.25) is 0 Å². The summed E-state index contributed by atoms with van der Waals surface area (Å²) in [6.45, 7) is 6.61. The van der Waals surface area contributed by atoms with Crippen molar-refractivity contribution < 1.29 is 4.84 Å². The van der Waals surface area contributed by atoms with E-state index < -0.39 is 4.33 Å². The molecule has 0 bridgehead atoms. The molecule has 2 aromatic rings. The van der Waals surface area contributed by atoms with Gasteiger partial charge in [0.1, 0.15) is 10.9 Å². The smallest absolute Gasteiger partial charge is 0.142 e. The Bertz CT molecular complexity index is 763. The maximum atomic E-state index is 6.17. The van der Waals surface area contributed by atoms with Crippen LogP contribution in [0.4, 0.5) is 0 Å². The Hall–Kier alpha value is -1.51. The number of rotatable bonds is 5. The minimum atomic E-state index is -0.609. The van der Waals surface area contributed by atoms with Crippen molar-refractivity contribution in [3.63, 3.8) is 0 Å². The van der Waals surface area contributed by atoms with Crippen LogP contribution in [0.5, 0.6) is 0 Å². The summed E-state index contributed by atoms with van der Waals surface area (Å²) in [4.78, 5) is 5.59. The summed E-state index contributed by atoms with van der Waals surface area (Å²) in [5.41, 5.74) is 6.67. The lowest BCUT2D eigenvalue weighted by atomic mass is 10.0. The number of halogens is 2. The lowest BCUT2D eigenvalue weighted by Crippen LogP contribution is -2.00. The summed E-state index contributed by atoms with van der Waals surface area (Å²) in [5.74, 6) is 0.212. The standard InChI is InChI=1S/C20H21Cl2NO/c1-13-6-4-7-14(2)18(13)12-24-23-15(3)16-8-5-9-17(10-16)19-11-20(19,21)22/h4-10,19H,11-12H2,1-3H3/b23-15+. The van der Waals surface area contributed by atoms with Gasteiger partial charge < -0.3 is 4.84 Å². The summed E-state index contributed by atoms with van der Waals surface area (Å²) >= 11 is 12.3. The molecule has 1 fully saturated rings. The molecule has 24 heavy (non-hydrogen) atoms. The summed E-state index contributed by atoms with van der Waals surface area (Å²) in [7, 11) is 0. The number of nitrogens with zero attached hydrogens (tertiary/aromatic N) is 1. The highest BCUT2D eigenvalue weighted by Gasteiger charge is 2.52. The molecular weight excluding hydrogens is 341 g/mol. The van der Waals surface area contributed by atoms with Crippen molar-refractivity contribution >= 4 is 28.9 Å². The summed E-state index contributed by atoms with van der Waals surface area (Å²) < 4.78 is -0.609. The molecule has 0 N–H and O–H groups in total. The van der Waals surface area contributed by atoms with Crippen LogP contribution >= 0.6 is 23.2 Å². The van der Waals surface area contributed by atoms with E-state index in [1.54, 1.807) is 0 Å². The van der Waals surface area contributed by atoms with Crippen molar-refractivity contribution in [1.29, 1.82) is 0 Å². The molecule has 126 valence electrons. The molecule has 0 saturated heterocycles. The van der Waals surface area contributed by atoms with E-state index in [2.05, 4.69) is 49.3 Å². The second-order valence-corrected chi connectivity index (χ2v) is 8.01. The Morgan fingerprint density at radius 3 is 2.42 bits per heavy atom. The normalized spacial score (nSPS) is 19.2. The third kappa shape index (κ3) is 3.76. The van der Waals surface area contributed by atoms with E-state index >= 15 is 0 Å². The van der Waals surface area contributed by atoms with Crippen molar-refractivity contribution in [1.82, 2.24) is 0 Å². The van der Waals surface area contributed by atoms with Gasteiger partial charge in [-0.2, -0.15) is 0 Å². The molecule has 0 aromatic heterocycles. The van der Waals surface area contributed by atoms with Crippen LogP contribution in [0.2, 0.25) is 0 Å². The van der Waals surface area contributed by atoms with E-state index in [4.69, 9.17) is 28.0 Å². The van der Waals surface area contributed by atoms with Crippen LogP contribution in [-0.4, -0.2) is 10.0 Å². The predicted molar refractivity (Wildman–Crippen MR) is 101 cm³/mol. The quantitative estimate of drug-likeness (QED) is 0.368. The SMILES string of the molecule is C/C(=N\OCc1c(C)cccc1C)c1cccc(C2CC2(Cl)Cl)c1. The second-order valence-electron chi connectivity index (χ2n) is 6.46. The van der Waals surface area contributed by atoms with Gasteiger partial charge in [-0.25, -0.2) is 0 Å². The zero-order valence-electron chi connectivity index (χ0n) is 14.1. The third-order valence-corrected chi connectivity index (χ3v) is 5.42. The van der Waals surface area contributed by atoms with Crippen molar-refractivity contribution in [3.8, 4) is 0 Å². The molecule has 2 nitrogen and oxygen atoms in total. The van der Waals surface area contributed by atoms with Gasteiger partial charge in [-0.15, -0.1) is 23.2 Å². The topological polar surface area (TPSA) is 21.6 Å². The van der Waals surface area contributed by atoms with Crippen molar-refractivity contribution in [2.75, 3.05) is 0 Å². The van der Waals surface area contributed by atoms with Gasteiger partial charge in [0, 0.05) is 5.92 Å². The first-order valence-corrected chi connectivity index (χ1v) is 8.84. The van der Waals surface area contributed by atoms with Crippen molar-refractivity contribution in [2.45, 2.75) is 44.1 Å². The lowest BCUT2D eigenvalue weighted by Gasteiger charge is -2.09. The monoisotopic (exact) mass is 361 g/mol. The second kappa shape index (κ2) is 6.78. The minimum absolute atomic E-state index is 0.212. The maximum Gasteiger partial charge on any atom is 0.142 e. The van der Waals surface area contributed by atoms with Gasteiger partial charge in [-0.05, 0) is 61.1 Å². The fourth-order valence-corrected chi connectivity index (χ4v) is 3.44. The van der Waals surface area contributed by atoms with E-state index in [0.29, 0.717) is 6.61 Å². The van der Waals surface area contributed by atoms with Crippen LogP contribution in [0.3, 0.4) is 0 Å². The molecule has 1 saturated carbocycles. The van der Waals surface area contributed by atoms with Crippen LogP contribution in [0, 0.1) is 13.8 Å². The number of hydrogen-bond acceptors (Lipinski definition) is 2. The summed E-state index contributed by atoms with van der Waals surface area (Å²) in [6.07, 6.45) is 0.804. The first-order chi connectivity index (χ1) is 11.4. The van der Waals surface area contributed by atoms with Crippen LogP contribution in [0.25, 0.3) is 0 Å². The molecule has 0 aliphatic heterocycles. The largest absolute Gasteiger partial charge is 0.391 e. The Kier molecular flexibility index (Phi) is 4.89. The fourth-order valence-electron chi connectivity index (χ4n) is 2.88. The molecule has 3 rings (SSSR count). The van der Waals surface area contributed by atoms with Gasteiger partial charge in [0.05, 0.1) is 5.71 Å². The van der Waals surface area contributed by atoms with Gasteiger partial charge in [0.25, 0.3) is 0 Å². The van der Waals surface area contributed by atoms with E-state index in [-0.39, 0.29) is 5.92 Å². The highest BCUT2D eigenvalue weighted by Crippen LogP contribution is 2.59.